The molecule has 0 aliphatic heterocycles. The Bertz CT molecular complexity index is 1070. The van der Waals surface area contributed by atoms with E-state index in [0.29, 0.717) is 15.7 Å². The standard InChI is InChI=1S/C18H10ClFN4O2S/c19-13-3-1-11(2-4-13)17-10-27-18(23-17)12(8-21)9-22-16-7-14(24(25)26)5-6-15(16)20/h1-7,9-10,22H/b12-9+. The molecule has 3 aromatic rings. The zero-order valence-electron chi connectivity index (χ0n) is 13.5. The second kappa shape index (κ2) is 7.95. The number of nitro benzene ring substituents is 1. The number of non-ortho nitro benzene ring substituents is 1. The van der Waals surface area contributed by atoms with E-state index in [9.17, 15) is 19.8 Å². The maximum absolute atomic E-state index is 13.8. The summed E-state index contributed by atoms with van der Waals surface area (Å²) in [5.74, 6) is -0.671. The number of anilines is 1. The van der Waals surface area contributed by atoms with Gasteiger partial charge in [0.1, 0.15) is 22.5 Å². The minimum atomic E-state index is -0.671. The van der Waals surface area contributed by atoms with Crippen molar-refractivity contribution in [3.8, 4) is 17.3 Å². The summed E-state index contributed by atoms with van der Waals surface area (Å²) in [7, 11) is 0. The lowest BCUT2D eigenvalue weighted by Gasteiger charge is -2.03. The minimum Gasteiger partial charge on any atom is -0.358 e. The van der Waals surface area contributed by atoms with Crippen molar-refractivity contribution in [2.45, 2.75) is 0 Å². The van der Waals surface area contributed by atoms with E-state index in [0.717, 1.165) is 23.8 Å². The number of aromatic nitrogens is 1. The van der Waals surface area contributed by atoms with Gasteiger partial charge in [-0.25, -0.2) is 9.37 Å². The van der Waals surface area contributed by atoms with Gasteiger partial charge in [0.2, 0.25) is 0 Å². The van der Waals surface area contributed by atoms with Gasteiger partial charge in [-0.05, 0) is 18.2 Å². The molecule has 0 saturated heterocycles. The van der Waals surface area contributed by atoms with E-state index >= 15 is 0 Å². The van der Waals surface area contributed by atoms with Gasteiger partial charge < -0.3 is 5.32 Å². The highest BCUT2D eigenvalue weighted by Crippen LogP contribution is 2.27. The number of hydrogen-bond donors (Lipinski definition) is 1. The third-order valence-electron chi connectivity index (χ3n) is 3.53. The number of allylic oxidation sites excluding steroid dienone is 1. The van der Waals surface area contributed by atoms with Gasteiger partial charge in [-0.3, -0.25) is 10.1 Å². The van der Waals surface area contributed by atoms with Crippen LogP contribution in [0.25, 0.3) is 16.8 Å². The highest BCUT2D eigenvalue weighted by Gasteiger charge is 2.12. The number of hydrogen-bond acceptors (Lipinski definition) is 6. The second-order valence-electron chi connectivity index (χ2n) is 5.28. The van der Waals surface area contributed by atoms with Crippen LogP contribution in [0.1, 0.15) is 5.01 Å². The Morgan fingerprint density at radius 3 is 2.74 bits per heavy atom. The minimum absolute atomic E-state index is 0.105. The van der Waals surface area contributed by atoms with E-state index in [1.165, 1.54) is 17.5 Å². The Kier molecular flexibility index (Phi) is 5.45. The summed E-state index contributed by atoms with van der Waals surface area (Å²) in [6, 6.07) is 12.2. The molecule has 1 aromatic heterocycles. The average molecular weight is 401 g/mol. The highest BCUT2D eigenvalue weighted by atomic mass is 35.5. The topological polar surface area (TPSA) is 91.8 Å². The van der Waals surface area contributed by atoms with Crippen LogP contribution in [0.2, 0.25) is 5.02 Å². The molecule has 0 aliphatic rings. The molecule has 0 amide bonds. The molecule has 134 valence electrons. The molecule has 3 rings (SSSR count). The van der Waals surface area contributed by atoms with Crippen molar-refractivity contribution in [1.29, 1.82) is 5.26 Å². The summed E-state index contributed by atoms with van der Waals surface area (Å²) in [4.78, 5) is 14.6. The largest absolute Gasteiger partial charge is 0.358 e. The quantitative estimate of drug-likeness (QED) is 0.347. The molecule has 0 unspecified atom stereocenters. The van der Waals surface area contributed by atoms with Crippen molar-refractivity contribution < 1.29 is 9.31 Å². The average Bonchev–Trinajstić information content (AvgIpc) is 3.14. The number of rotatable bonds is 5. The molecule has 2 aromatic carbocycles. The molecule has 0 bridgehead atoms. The van der Waals surface area contributed by atoms with Crippen LogP contribution in [0, 0.1) is 27.3 Å². The molecule has 27 heavy (non-hydrogen) atoms. The zero-order valence-corrected chi connectivity index (χ0v) is 15.1. The van der Waals surface area contributed by atoms with Crippen molar-refractivity contribution >= 4 is 39.9 Å². The van der Waals surface area contributed by atoms with Crippen LogP contribution in [0.15, 0.2) is 54.0 Å². The van der Waals surface area contributed by atoms with Crippen molar-refractivity contribution in [2.24, 2.45) is 0 Å². The summed E-state index contributed by atoms with van der Waals surface area (Å²) in [6.45, 7) is 0. The van der Waals surface area contributed by atoms with E-state index in [1.807, 2.05) is 18.2 Å². The predicted octanol–water partition coefficient (Wildman–Crippen LogP) is 5.49. The first-order valence-corrected chi connectivity index (χ1v) is 8.76. The molecule has 1 heterocycles. The first-order chi connectivity index (χ1) is 13.0. The molecular weight excluding hydrogens is 391 g/mol. The van der Waals surface area contributed by atoms with Crippen LogP contribution in [0.3, 0.4) is 0 Å². The van der Waals surface area contributed by atoms with Gasteiger partial charge in [0.25, 0.3) is 5.69 Å². The Hall–Kier alpha value is -3.28. The molecule has 1 N–H and O–H groups in total. The molecule has 0 saturated carbocycles. The smallest absolute Gasteiger partial charge is 0.271 e. The monoisotopic (exact) mass is 400 g/mol. The van der Waals surface area contributed by atoms with Gasteiger partial charge in [-0.1, -0.05) is 23.7 Å². The van der Waals surface area contributed by atoms with E-state index < -0.39 is 10.7 Å². The van der Waals surface area contributed by atoms with Crippen LogP contribution >= 0.6 is 22.9 Å². The van der Waals surface area contributed by atoms with E-state index in [4.69, 9.17) is 11.6 Å². The number of nitriles is 1. The fourth-order valence-electron chi connectivity index (χ4n) is 2.18. The molecule has 0 atom stereocenters. The van der Waals surface area contributed by atoms with Crippen LogP contribution in [0.4, 0.5) is 15.8 Å². The van der Waals surface area contributed by atoms with Crippen molar-refractivity contribution in [3.63, 3.8) is 0 Å². The molecule has 0 fully saturated rings. The summed E-state index contributed by atoms with van der Waals surface area (Å²) in [5, 5.41) is 25.6. The zero-order chi connectivity index (χ0) is 19.4. The fraction of sp³-hybridized carbons (Fsp3) is 0. The van der Waals surface area contributed by atoms with Crippen LogP contribution in [-0.4, -0.2) is 9.91 Å². The van der Waals surface area contributed by atoms with Gasteiger partial charge >= 0.3 is 0 Å². The number of thiazole rings is 1. The lowest BCUT2D eigenvalue weighted by atomic mass is 10.2. The highest BCUT2D eigenvalue weighted by molar-refractivity contribution is 7.11. The van der Waals surface area contributed by atoms with Crippen LogP contribution in [-0.2, 0) is 0 Å². The number of nitro groups is 1. The number of nitrogens with zero attached hydrogens (tertiary/aromatic N) is 3. The van der Waals surface area contributed by atoms with Gasteiger partial charge in [-0.15, -0.1) is 11.3 Å². The van der Waals surface area contributed by atoms with E-state index in [2.05, 4.69) is 10.3 Å². The first kappa shape index (κ1) is 18.5. The number of nitrogens with one attached hydrogen (secondary N) is 1. The second-order valence-corrected chi connectivity index (χ2v) is 6.57. The van der Waals surface area contributed by atoms with Crippen LogP contribution in [0.5, 0.6) is 0 Å². The molecular formula is C18H10ClFN4O2S. The van der Waals surface area contributed by atoms with Gasteiger partial charge in [0.05, 0.1) is 16.3 Å². The van der Waals surface area contributed by atoms with Crippen molar-refractivity contribution in [1.82, 2.24) is 4.98 Å². The fourth-order valence-corrected chi connectivity index (χ4v) is 3.10. The van der Waals surface area contributed by atoms with E-state index in [-0.39, 0.29) is 16.9 Å². The first-order valence-electron chi connectivity index (χ1n) is 7.50. The molecule has 9 heteroatoms. The summed E-state index contributed by atoms with van der Waals surface area (Å²) < 4.78 is 13.8. The molecule has 0 aliphatic carbocycles. The Morgan fingerprint density at radius 1 is 1.33 bits per heavy atom. The SMILES string of the molecule is N#C/C(=C\Nc1cc([N+](=O)[O-])ccc1F)c1nc(-c2ccc(Cl)cc2)cs1. The maximum Gasteiger partial charge on any atom is 0.271 e. The van der Waals surface area contributed by atoms with Gasteiger partial charge in [0.15, 0.2) is 0 Å². The van der Waals surface area contributed by atoms with Crippen molar-refractivity contribution in [3.05, 3.63) is 80.0 Å². The van der Waals surface area contributed by atoms with E-state index in [1.54, 1.807) is 17.5 Å². The summed E-state index contributed by atoms with van der Waals surface area (Å²) in [5.41, 5.74) is 1.33. The van der Waals surface area contributed by atoms with Crippen LogP contribution < -0.4 is 5.32 Å². The third kappa shape index (κ3) is 4.28. The number of benzene rings is 2. The lowest BCUT2D eigenvalue weighted by molar-refractivity contribution is -0.384. The normalized spacial score (nSPS) is 11.1. The summed E-state index contributed by atoms with van der Waals surface area (Å²) in [6.07, 6.45) is 1.27. The predicted molar refractivity (Wildman–Crippen MR) is 103 cm³/mol. The molecule has 6 nitrogen and oxygen atoms in total. The third-order valence-corrected chi connectivity index (χ3v) is 4.66. The Labute approximate surface area is 162 Å². The van der Waals surface area contributed by atoms with Gasteiger partial charge in [-0.2, -0.15) is 5.26 Å². The Morgan fingerprint density at radius 2 is 2.07 bits per heavy atom. The Balaban J connectivity index is 1.86. The molecule has 0 radical (unpaired) electrons. The maximum atomic E-state index is 13.8. The molecule has 0 spiro atoms. The number of halogens is 2. The summed E-state index contributed by atoms with van der Waals surface area (Å²) >= 11 is 7.12. The van der Waals surface area contributed by atoms with Gasteiger partial charge in [0, 0.05) is 34.3 Å². The lowest BCUT2D eigenvalue weighted by Crippen LogP contribution is -1.96. The van der Waals surface area contributed by atoms with Crippen molar-refractivity contribution in [2.75, 3.05) is 5.32 Å².